The predicted octanol–water partition coefficient (Wildman–Crippen LogP) is 3.97. The molecule has 0 spiro atoms. The highest BCUT2D eigenvalue weighted by molar-refractivity contribution is 5.97. The van der Waals surface area contributed by atoms with Crippen molar-refractivity contribution >= 4 is 22.4 Å². The number of amides is 1. The van der Waals surface area contributed by atoms with Crippen LogP contribution in [-0.4, -0.2) is 35.7 Å². The predicted molar refractivity (Wildman–Crippen MR) is 114 cm³/mol. The molecule has 0 saturated carbocycles. The molecule has 0 aliphatic carbocycles. The smallest absolute Gasteiger partial charge is 0.251 e. The molecule has 3 N–H and O–H groups in total. The van der Waals surface area contributed by atoms with Gasteiger partial charge in [0.15, 0.2) is 0 Å². The Hall–Kier alpha value is -2.92. The molecule has 1 aliphatic heterocycles. The van der Waals surface area contributed by atoms with Crippen LogP contribution in [0.25, 0.3) is 27.6 Å². The van der Waals surface area contributed by atoms with Gasteiger partial charge >= 0.3 is 0 Å². The quantitative estimate of drug-likeness (QED) is 0.647. The van der Waals surface area contributed by atoms with Crippen molar-refractivity contribution < 1.29 is 4.79 Å². The largest absolute Gasteiger partial charge is 0.352 e. The third kappa shape index (κ3) is 3.34. The van der Waals surface area contributed by atoms with Gasteiger partial charge in [-0.05, 0) is 85.8 Å². The highest BCUT2D eigenvalue weighted by atomic mass is 16.1. The molecule has 0 saturated heterocycles. The SMILES string of the molecule is CCNC(=O)c1cc(C)c(C)c(-c2ccc3c(C4=CCNCC4)n[nH]c3c2)c1. The van der Waals surface area contributed by atoms with Crippen LogP contribution in [0.3, 0.4) is 0 Å². The van der Waals surface area contributed by atoms with Gasteiger partial charge in [-0.3, -0.25) is 9.89 Å². The van der Waals surface area contributed by atoms with E-state index in [0.717, 1.165) is 52.8 Å². The van der Waals surface area contributed by atoms with Gasteiger partial charge in [-0.15, -0.1) is 0 Å². The van der Waals surface area contributed by atoms with Gasteiger partial charge in [0.25, 0.3) is 5.91 Å². The minimum Gasteiger partial charge on any atom is -0.352 e. The summed E-state index contributed by atoms with van der Waals surface area (Å²) in [5.74, 6) is -0.0328. The highest BCUT2D eigenvalue weighted by Crippen LogP contribution is 2.32. The first-order valence-corrected chi connectivity index (χ1v) is 9.86. The number of nitrogens with one attached hydrogen (secondary N) is 3. The van der Waals surface area contributed by atoms with E-state index < -0.39 is 0 Å². The van der Waals surface area contributed by atoms with Crippen molar-refractivity contribution in [3.05, 3.63) is 58.8 Å². The number of aromatic amines is 1. The monoisotopic (exact) mass is 374 g/mol. The summed E-state index contributed by atoms with van der Waals surface area (Å²) in [6.07, 6.45) is 3.21. The molecule has 0 unspecified atom stereocenters. The van der Waals surface area contributed by atoms with Crippen LogP contribution in [0.1, 0.15) is 40.5 Å². The lowest BCUT2D eigenvalue weighted by molar-refractivity contribution is 0.0956. The maximum absolute atomic E-state index is 12.3. The number of fused-ring (bicyclic) bond motifs is 1. The topological polar surface area (TPSA) is 69.8 Å². The molecule has 0 atom stereocenters. The van der Waals surface area contributed by atoms with Crippen molar-refractivity contribution in [3.8, 4) is 11.1 Å². The lowest BCUT2D eigenvalue weighted by atomic mass is 9.93. The number of carbonyl (C=O) groups excluding carboxylic acids is 1. The number of benzene rings is 2. The fraction of sp³-hybridized carbons (Fsp3) is 0.304. The van der Waals surface area contributed by atoms with Crippen molar-refractivity contribution in [2.24, 2.45) is 0 Å². The zero-order valence-electron chi connectivity index (χ0n) is 16.6. The molecule has 5 nitrogen and oxygen atoms in total. The summed E-state index contributed by atoms with van der Waals surface area (Å²) in [4.78, 5) is 12.3. The van der Waals surface area contributed by atoms with E-state index >= 15 is 0 Å². The van der Waals surface area contributed by atoms with Gasteiger partial charge in [0.05, 0.1) is 11.2 Å². The Morgan fingerprint density at radius 2 is 2.07 bits per heavy atom. The van der Waals surface area contributed by atoms with Gasteiger partial charge in [-0.2, -0.15) is 5.10 Å². The second-order valence-corrected chi connectivity index (χ2v) is 7.34. The second-order valence-electron chi connectivity index (χ2n) is 7.34. The number of hydrogen-bond acceptors (Lipinski definition) is 3. The van der Waals surface area contributed by atoms with Gasteiger partial charge in [-0.25, -0.2) is 0 Å². The lowest BCUT2D eigenvalue weighted by Crippen LogP contribution is -2.22. The number of hydrogen-bond donors (Lipinski definition) is 3. The number of H-pyrrole nitrogens is 1. The summed E-state index contributed by atoms with van der Waals surface area (Å²) in [5.41, 5.74) is 8.54. The molecule has 5 heteroatoms. The summed E-state index contributed by atoms with van der Waals surface area (Å²) in [5, 5.41) is 15.2. The summed E-state index contributed by atoms with van der Waals surface area (Å²) in [6.45, 7) is 8.60. The first-order chi connectivity index (χ1) is 13.6. The van der Waals surface area contributed by atoms with Crippen LogP contribution >= 0.6 is 0 Å². The number of aromatic nitrogens is 2. The Morgan fingerprint density at radius 3 is 2.82 bits per heavy atom. The summed E-state index contributed by atoms with van der Waals surface area (Å²) >= 11 is 0. The van der Waals surface area contributed by atoms with E-state index in [0.29, 0.717) is 12.1 Å². The average molecular weight is 374 g/mol. The van der Waals surface area contributed by atoms with Crippen molar-refractivity contribution in [1.29, 1.82) is 0 Å². The fourth-order valence-electron chi connectivity index (χ4n) is 3.82. The minimum absolute atomic E-state index is 0.0328. The van der Waals surface area contributed by atoms with Crippen LogP contribution in [0.15, 0.2) is 36.4 Å². The Kier molecular flexibility index (Phi) is 5.01. The van der Waals surface area contributed by atoms with Crippen LogP contribution in [-0.2, 0) is 0 Å². The molecule has 0 radical (unpaired) electrons. The van der Waals surface area contributed by atoms with Crippen molar-refractivity contribution in [2.45, 2.75) is 27.2 Å². The number of nitrogens with zero attached hydrogens (tertiary/aromatic N) is 1. The molecule has 0 fully saturated rings. The Balaban J connectivity index is 1.77. The molecule has 3 aromatic rings. The van der Waals surface area contributed by atoms with Crippen molar-refractivity contribution in [1.82, 2.24) is 20.8 Å². The second kappa shape index (κ2) is 7.60. The van der Waals surface area contributed by atoms with Gasteiger partial charge in [0.2, 0.25) is 0 Å². The number of rotatable bonds is 4. The molecule has 144 valence electrons. The van der Waals surface area contributed by atoms with E-state index in [9.17, 15) is 4.79 Å². The third-order valence-corrected chi connectivity index (χ3v) is 5.51. The molecular weight excluding hydrogens is 348 g/mol. The average Bonchev–Trinajstić information content (AvgIpc) is 3.14. The maximum atomic E-state index is 12.3. The van der Waals surface area contributed by atoms with Gasteiger partial charge in [0.1, 0.15) is 0 Å². The van der Waals surface area contributed by atoms with Crippen molar-refractivity contribution in [3.63, 3.8) is 0 Å². The van der Waals surface area contributed by atoms with Crippen LogP contribution in [0.2, 0.25) is 0 Å². The first kappa shape index (κ1) is 18.4. The molecule has 1 aliphatic rings. The summed E-state index contributed by atoms with van der Waals surface area (Å²) in [6, 6.07) is 10.4. The van der Waals surface area contributed by atoms with Gasteiger partial charge < -0.3 is 10.6 Å². The van der Waals surface area contributed by atoms with E-state index in [4.69, 9.17) is 0 Å². The fourth-order valence-corrected chi connectivity index (χ4v) is 3.82. The van der Waals surface area contributed by atoms with E-state index in [-0.39, 0.29) is 5.91 Å². The molecule has 28 heavy (non-hydrogen) atoms. The van der Waals surface area contributed by atoms with E-state index in [2.05, 4.69) is 59.0 Å². The van der Waals surface area contributed by atoms with Crippen LogP contribution in [0.5, 0.6) is 0 Å². The molecule has 2 aromatic carbocycles. The lowest BCUT2D eigenvalue weighted by Gasteiger charge is -2.13. The molecular formula is C23H26N4O. The number of carbonyl (C=O) groups is 1. The zero-order valence-corrected chi connectivity index (χ0v) is 16.6. The summed E-state index contributed by atoms with van der Waals surface area (Å²) in [7, 11) is 0. The number of aryl methyl sites for hydroxylation is 1. The first-order valence-electron chi connectivity index (χ1n) is 9.86. The Morgan fingerprint density at radius 1 is 1.21 bits per heavy atom. The van der Waals surface area contributed by atoms with Gasteiger partial charge in [-0.1, -0.05) is 12.1 Å². The molecule has 0 bridgehead atoms. The Bertz CT molecular complexity index is 1080. The van der Waals surface area contributed by atoms with Crippen LogP contribution < -0.4 is 10.6 Å². The van der Waals surface area contributed by atoms with E-state index in [1.54, 1.807) is 0 Å². The molecule has 4 rings (SSSR count). The van der Waals surface area contributed by atoms with Crippen molar-refractivity contribution in [2.75, 3.05) is 19.6 Å². The highest BCUT2D eigenvalue weighted by Gasteiger charge is 2.15. The summed E-state index contributed by atoms with van der Waals surface area (Å²) < 4.78 is 0. The maximum Gasteiger partial charge on any atom is 0.251 e. The van der Waals surface area contributed by atoms with Crippen LogP contribution in [0.4, 0.5) is 0 Å². The molecule has 1 amide bonds. The molecule has 2 heterocycles. The van der Waals surface area contributed by atoms with E-state index in [1.165, 1.54) is 11.1 Å². The third-order valence-electron chi connectivity index (χ3n) is 5.51. The van der Waals surface area contributed by atoms with E-state index in [1.807, 2.05) is 19.1 Å². The molecule has 1 aromatic heterocycles. The standard InChI is InChI=1S/C23H26N4O/c1-4-25-23(28)18-11-14(2)15(3)20(12-18)17-5-6-19-21(13-17)26-27-22(19)16-7-9-24-10-8-16/h5-7,11-13,24H,4,8-10H2,1-3H3,(H,25,28)(H,26,27). The zero-order chi connectivity index (χ0) is 19.7. The Labute approximate surface area is 165 Å². The minimum atomic E-state index is -0.0328. The normalized spacial score (nSPS) is 14.2. The van der Waals surface area contributed by atoms with Crippen LogP contribution in [0, 0.1) is 13.8 Å². The van der Waals surface area contributed by atoms with Gasteiger partial charge in [0, 0.05) is 24.0 Å².